The van der Waals surface area contributed by atoms with Gasteiger partial charge in [0, 0.05) is 10.7 Å². The number of H-pyrrole nitrogens is 1. The fourth-order valence-electron chi connectivity index (χ4n) is 1.72. The molecular formula is C12H10ClN5. The lowest BCUT2D eigenvalue weighted by molar-refractivity contribution is 1.09. The predicted molar refractivity (Wildman–Crippen MR) is 71.2 cm³/mol. The first kappa shape index (κ1) is 11.0. The average molecular weight is 260 g/mol. The van der Waals surface area contributed by atoms with Gasteiger partial charge in [0.2, 0.25) is 0 Å². The first-order valence-electron chi connectivity index (χ1n) is 5.41. The Bertz CT molecular complexity index is 707. The van der Waals surface area contributed by atoms with Crippen LogP contribution in [0, 0.1) is 6.92 Å². The van der Waals surface area contributed by atoms with Gasteiger partial charge in [-0.25, -0.2) is 9.97 Å². The van der Waals surface area contributed by atoms with Crippen LogP contribution in [0.25, 0.3) is 11.0 Å². The number of hydrogen-bond acceptors (Lipinski definition) is 4. The third-order valence-corrected chi connectivity index (χ3v) is 2.94. The summed E-state index contributed by atoms with van der Waals surface area (Å²) < 4.78 is 0. The van der Waals surface area contributed by atoms with Crippen molar-refractivity contribution in [1.82, 2.24) is 20.2 Å². The lowest BCUT2D eigenvalue weighted by atomic mass is 10.2. The van der Waals surface area contributed by atoms with Gasteiger partial charge in [-0.05, 0) is 24.6 Å². The predicted octanol–water partition coefficient (Wildman–Crippen LogP) is 3.06. The Morgan fingerprint density at radius 3 is 3.06 bits per heavy atom. The van der Waals surface area contributed by atoms with E-state index in [1.54, 1.807) is 6.20 Å². The second-order valence-electron chi connectivity index (χ2n) is 3.94. The molecule has 0 spiro atoms. The minimum absolute atomic E-state index is 0.681. The number of halogens is 1. The van der Waals surface area contributed by atoms with Crippen LogP contribution in [0.5, 0.6) is 0 Å². The number of benzene rings is 1. The maximum absolute atomic E-state index is 5.99. The van der Waals surface area contributed by atoms with Crippen LogP contribution in [-0.2, 0) is 0 Å². The Kier molecular flexibility index (Phi) is 2.60. The Morgan fingerprint density at radius 2 is 2.17 bits per heavy atom. The minimum atomic E-state index is 0.681. The van der Waals surface area contributed by atoms with Gasteiger partial charge in [0.05, 0.1) is 11.6 Å². The molecule has 0 aliphatic heterocycles. The highest BCUT2D eigenvalue weighted by Crippen LogP contribution is 2.26. The summed E-state index contributed by atoms with van der Waals surface area (Å²) in [5.41, 5.74) is 2.71. The summed E-state index contributed by atoms with van der Waals surface area (Å²) in [5, 5.41) is 11.5. The number of nitrogens with one attached hydrogen (secondary N) is 2. The van der Waals surface area contributed by atoms with Crippen LogP contribution in [0.15, 0.2) is 30.7 Å². The first-order valence-corrected chi connectivity index (χ1v) is 5.79. The maximum atomic E-state index is 5.99. The summed E-state index contributed by atoms with van der Waals surface area (Å²) in [6, 6.07) is 5.68. The molecule has 2 heterocycles. The van der Waals surface area contributed by atoms with E-state index < -0.39 is 0 Å². The number of nitrogens with zero attached hydrogens (tertiary/aromatic N) is 3. The molecule has 0 saturated carbocycles. The number of rotatable bonds is 2. The summed E-state index contributed by atoms with van der Waals surface area (Å²) in [6.45, 7) is 2.01. The average Bonchev–Trinajstić information content (AvgIpc) is 2.83. The van der Waals surface area contributed by atoms with Crippen LogP contribution in [0.1, 0.15) is 5.56 Å². The van der Waals surface area contributed by atoms with Crippen molar-refractivity contribution >= 4 is 34.1 Å². The van der Waals surface area contributed by atoms with Crippen molar-refractivity contribution < 1.29 is 0 Å². The molecule has 6 heteroatoms. The zero-order valence-corrected chi connectivity index (χ0v) is 10.4. The molecule has 5 nitrogen and oxygen atoms in total. The van der Waals surface area contributed by atoms with E-state index in [1.165, 1.54) is 6.33 Å². The van der Waals surface area contributed by atoms with Crippen molar-refractivity contribution in [2.45, 2.75) is 6.92 Å². The molecule has 18 heavy (non-hydrogen) atoms. The minimum Gasteiger partial charge on any atom is -0.339 e. The molecule has 0 unspecified atom stereocenters. The van der Waals surface area contributed by atoms with Crippen LogP contribution in [-0.4, -0.2) is 20.2 Å². The molecule has 0 amide bonds. The summed E-state index contributed by atoms with van der Waals surface area (Å²) >= 11 is 5.99. The number of aromatic amines is 1. The van der Waals surface area contributed by atoms with Gasteiger partial charge >= 0.3 is 0 Å². The molecule has 3 rings (SSSR count). The van der Waals surface area contributed by atoms with E-state index in [2.05, 4.69) is 25.5 Å². The standard InChI is InChI=1S/C12H10ClN5/c1-7-2-3-8(13)4-10(7)17-11-9-5-16-18-12(9)15-6-14-11/h2-6H,1H3,(H2,14,15,16,17,18). The Hall–Kier alpha value is -2.14. The van der Waals surface area contributed by atoms with E-state index in [0.29, 0.717) is 16.5 Å². The van der Waals surface area contributed by atoms with Gasteiger partial charge in [-0.3, -0.25) is 5.10 Å². The zero-order valence-electron chi connectivity index (χ0n) is 9.61. The number of fused-ring (bicyclic) bond motifs is 1. The van der Waals surface area contributed by atoms with E-state index in [0.717, 1.165) is 16.6 Å². The number of hydrogen-bond donors (Lipinski definition) is 2. The highest BCUT2D eigenvalue weighted by atomic mass is 35.5. The lowest BCUT2D eigenvalue weighted by Crippen LogP contribution is -1.97. The molecular weight excluding hydrogens is 250 g/mol. The molecule has 0 aliphatic carbocycles. The summed E-state index contributed by atoms with van der Waals surface area (Å²) in [4.78, 5) is 8.31. The smallest absolute Gasteiger partial charge is 0.160 e. The molecule has 3 aromatic rings. The van der Waals surface area contributed by atoms with Gasteiger partial charge < -0.3 is 5.32 Å². The van der Waals surface area contributed by atoms with Crippen LogP contribution in [0.2, 0.25) is 5.02 Å². The maximum Gasteiger partial charge on any atom is 0.160 e. The molecule has 1 aromatic carbocycles. The Labute approximate surface area is 108 Å². The Morgan fingerprint density at radius 1 is 1.28 bits per heavy atom. The third-order valence-electron chi connectivity index (χ3n) is 2.70. The van der Waals surface area contributed by atoms with Gasteiger partial charge in [0.15, 0.2) is 5.65 Å². The molecule has 0 fully saturated rings. The molecule has 0 radical (unpaired) electrons. The fourth-order valence-corrected chi connectivity index (χ4v) is 1.89. The Balaban J connectivity index is 2.06. The van der Waals surface area contributed by atoms with Crippen molar-refractivity contribution in [3.63, 3.8) is 0 Å². The fraction of sp³-hybridized carbons (Fsp3) is 0.0833. The van der Waals surface area contributed by atoms with Crippen molar-refractivity contribution in [1.29, 1.82) is 0 Å². The zero-order chi connectivity index (χ0) is 12.5. The number of anilines is 2. The van der Waals surface area contributed by atoms with Crippen LogP contribution in [0.3, 0.4) is 0 Å². The molecule has 2 aromatic heterocycles. The molecule has 0 saturated heterocycles. The van der Waals surface area contributed by atoms with E-state index in [-0.39, 0.29) is 0 Å². The van der Waals surface area contributed by atoms with Crippen molar-refractivity contribution in [3.8, 4) is 0 Å². The quantitative estimate of drug-likeness (QED) is 0.742. The first-order chi connectivity index (χ1) is 8.74. The van der Waals surface area contributed by atoms with Gasteiger partial charge in [0.25, 0.3) is 0 Å². The monoisotopic (exact) mass is 259 g/mol. The van der Waals surface area contributed by atoms with Crippen LogP contribution >= 0.6 is 11.6 Å². The van der Waals surface area contributed by atoms with Gasteiger partial charge in [-0.1, -0.05) is 17.7 Å². The number of aromatic nitrogens is 4. The summed E-state index contributed by atoms with van der Waals surface area (Å²) in [7, 11) is 0. The van der Waals surface area contributed by atoms with Crippen LogP contribution in [0.4, 0.5) is 11.5 Å². The summed E-state index contributed by atoms with van der Waals surface area (Å²) in [6.07, 6.45) is 3.18. The topological polar surface area (TPSA) is 66.5 Å². The summed E-state index contributed by atoms with van der Waals surface area (Å²) in [5.74, 6) is 0.708. The van der Waals surface area contributed by atoms with Crippen molar-refractivity contribution in [2.75, 3.05) is 5.32 Å². The normalized spacial score (nSPS) is 10.8. The largest absolute Gasteiger partial charge is 0.339 e. The molecule has 0 bridgehead atoms. The van der Waals surface area contributed by atoms with E-state index in [4.69, 9.17) is 11.6 Å². The SMILES string of the molecule is Cc1ccc(Cl)cc1Nc1ncnc2[nH]ncc12. The van der Waals surface area contributed by atoms with Gasteiger partial charge in [-0.2, -0.15) is 5.10 Å². The van der Waals surface area contributed by atoms with Gasteiger partial charge in [-0.15, -0.1) is 0 Å². The van der Waals surface area contributed by atoms with Crippen molar-refractivity contribution in [2.24, 2.45) is 0 Å². The highest BCUT2D eigenvalue weighted by molar-refractivity contribution is 6.30. The molecule has 0 atom stereocenters. The van der Waals surface area contributed by atoms with E-state index in [1.807, 2.05) is 25.1 Å². The molecule has 90 valence electrons. The van der Waals surface area contributed by atoms with Crippen molar-refractivity contribution in [3.05, 3.63) is 41.3 Å². The van der Waals surface area contributed by atoms with Gasteiger partial charge in [0.1, 0.15) is 12.1 Å². The van der Waals surface area contributed by atoms with E-state index >= 15 is 0 Å². The highest BCUT2D eigenvalue weighted by Gasteiger charge is 2.07. The molecule has 0 aliphatic rings. The second-order valence-corrected chi connectivity index (χ2v) is 4.38. The van der Waals surface area contributed by atoms with E-state index in [9.17, 15) is 0 Å². The second kappa shape index (κ2) is 4.27. The third kappa shape index (κ3) is 1.89. The lowest BCUT2D eigenvalue weighted by Gasteiger charge is -2.09. The molecule has 2 N–H and O–H groups in total. The number of aryl methyl sites for hydroxylation is 1. The van der Waals surface area contributed by atoms with Crippen LogP contribution < -0.4 is 5.32 Å².